The first-order chi connectivity index (χ1) is 6.72. The van der Waals surface area contributed by atoms with Gasteiger partial charge in [-0.05, 0) is 14.0 Å². The number of likely N-dealkylation sites (N-methyl/N-ethyl adjacent to an activating group) is 1. The quantitative estimate of drug-likeness (QED) is 0.677. The van der Waals surface area contributed by atoms with E-state index in [4.69, 9.17) is 9.47 Å². The standard InChI is InChI=1S/C10H22N2O2/c1-9(8-13-3)11-6-10-7-12(2)4-5-14-10/h9-11H,4-8H2,1-3H3. The van der Waals surface area contributed by atoms with E-state index >= 15 is 0 Å². The van der Waals surface area contributed by atoms with E-state index in [1.165, 1.54) is 0 Å². The second-order valence-electron chi connectivity index (χ2n) is 4.02. The minimum absolute atomic E-state index is 0.327. The first-order valence-corrected chi connectivity index (χ1v) is 5.25. The molecule has 0 saturated carbocycles. The molecule has 1 rings (SSSR count). The van der Waals surface area contributed by atoms with Crippen LogP contribution in [0.4, 0.5) is 0 Å². The number of hydrogen-bond donors (Lipinski definition) is 1. The predicted octanol–water partition coefficient (Wildman–Crippen LogP) is -0.0585. The Balaban J connectivity index is 2.10. The molecule has 2 unspecified atom stereocenters. The van der Waals surface area contributed by atoms with E-state index < -0.39 is 0 Å². The van der Waals surface area contributed by atoms with Gasteiger partial charge in [-0.1, -0.05) is 0 Å². The van der Waals surface area contributed by atoms with Crippen LogP contribution < -0.4 is 5.32 Å². The van der Waals surface area contributed by atoms with Gasteiger partial charge in [0.1, 0.15) is 0 Å². The summed E-state index contributed by atoms with van der Waals surface area (Å²) in [5.41, 5.74) is 0. The van der Waals surface area contributed by atoms with Crippen LogP contribution in [0.1, 0.15) is 6.92 Å². The number of rotatable bonds is 5. The molecule has 0 aromatic heterocycles. The molecule has 0 bridgehead atoms. The van der Waals surface area contributed by atoms with Crippen LogP contribution in [0.5, 0.6) is 0 Å². The summed E-state index contributed by atoms with van der Waals surface area (Å²) in [7, 11) is 3.86. The van der Waals surface area contributed by atoms with Crippen molar-refractivity contribution in [3.8, 4) is 0 Å². The van der Waals surface area contributed by atoms with Gasteiger partial charge in [-0.3, -0.25) is 0 Å². The van der Waals surface area contributed by atoms with Crippen molar-refractivity contribution in [3.05, 3.63) is 0 Å². The summed E-state index contributed by atoms with van der Waals surface area (Å²) in [6.07, 6.45) is 0.327. The van der Waals surface area contributed by atoms with Crippen LogP contribution in [0.25, 0.3) is 0 Å². The molecule has 4 heteroatoms. The van der Waals surface area contributed by atoms with Crippen LogP contribution in [-0.4, -0.2) is 64.1 Å². The number of morpholine rings is 1. The highest BCUT2D eigenvalue weighted by molar-refractivity contribution is 4.72. The van der Waals surface area contributed by atoms with Crippen LogP contribution in [0.2, 0.25) is 0 Å². The molecule has 1 fully saturated rings. The van der Waals surface area contributed by atoms with Gasteiger partial charge >= 0.3 is 0 Å². The zero-order valence-electron chi connectivity index (χ0n) is 9.45. The van der Waals surface area contributed by atoms with Gasteiger partial charge in [0, 0.05) is 32.8 Å². The van der Waals surface area contributed by atoms with E-state index in [1.807, 2.05) is 0 Å². The zero-order valence-corrected chi connectivity index (χ0v) is 9.45. The van der Waals surface area contributed by atoms with E-state index in [9.17, 15) is 0 Å². The number of ether oxygens (including phenoxy) is 2. The van der Waals surface area contributed by atoms with E-state index in [1.54, 1.807) is 7.11 Å². The lowest BCUT2D eigenvalue weighted by molar-refractivity contribution is -0.0200. The van der Waals surface area contributed by atoms with E-state index in [-0.39, 0.29) is 0 Å². The SMILES string of the molecule is COCC(C)NCC1CN(C)CCO1. The summed E-state index contributed by atoms with van der Waals surface area (Å²) < 4.78 is 10.7. The predicted molar refractivity (Wildman–Crippen MR) is 56.6 cm³/mol. The number of nitrogens with one attached hydrogen (secondary N) is 1. The fourth-order valence-electron chi connectivity index (χ4n) is 1.63. The second-order valence-corrected chi connectivity index (χ2v) is 4.02. The van der Waals surface area contributed by atoms with Crippen molar-refractivity contribution in [3.63, 3.8) is 0 Å². The summed E-state index contributed by atoms with van der Waals surface area (Å²) in [6, 6.07) is 0.399. The van der Waals surface area contributed by atoms with E-state index in [2.05, 4.69) is 24.2 Å². The summed E-state index contributed by atoms with van der Waals surface area (Å²) in [5, 5.41) is 3.40. The molecule has 1 N–H and O–H groups in total. The maximum Gasteiger partial charge on any atom is 0.0826 e. The Kier molecular flexibility index (Phi) is 5.40. The Morgan fingerprint density at radius 2 is 2.43 bits per heavy atom. The Labute approximate surface area is 86.6 Å². The molecule has 4 nitrogen and oxygen atoms in total. The zero-order chi connectivity index (χ0) is 10.4. The third-order valence-corrected chi connectivity index (χ3v) is 2.45. The first-order valence-electron chi connectivity index (χ1n) is 5.25. The second kappa shape index (κ2) is 6.35. The third-order valence-electron chi connectivity index (χ3n) is 2.45. The van der Waals surface area contributed by atoms with Crippen LogP contribution in [0, 0.1) is 0 Å². The monoisotopic (exact) mass is 202 g/mol. The molecule has 1 saturated heterocycles. The van der Waals surface area contributed by atoms with Crippen molar-refractivity contribution in [2.75, 3.05) is 47.0 Å². The average Bonchev–Trinajstić information content (AvgIpc) is 2.15. The van der Waals surface area contributed by atoms with Crippen molar-refractivity contribution in [2.24, 2.45) is 0 Å². The van der Waals surface area contributed by atoms with Crippen molar-refractivity contribution >= 4 is 0 Å². The molecule has 14 heavy (non-hydrogen) atoms. The maximum atomic E-state index is 5.63. The first kappa shape index (κ1) is 11.9. The summed E-state index contributed by atoms with van der Waals surface area (Å²) in [6.45, 7) is 6.70. The Hall–Kier alpha value is -0.160. The minimum Gasteiger partial charge on any atom is -0.383 e. The van der Waals surface area contributed by atoms with Gasteiger partial charge in [-0.25, -0.2) is 0 Å². The van der Waals surface area contributed by atoms with Gasteiger partial charge in [0.05, 0.1) is 19.3 Å². The molecule has 0 spiro atoms. The van der Waals surface area contributed by atoms with Crippen molar-refractivity contribution in [1.82, 2.24) is 10.2 Å². The number of nitrogens with zero attached hydrogens (tertiary/aromatic N) is 1. The van der Waals surface area contributed by atoms with Crippen molar-refractivity contribution in [1.29, 1.82) is 0 Å². The summed E-state index contributed by atoms with van der Waals surface area (Å²) in [5.74, 6) is 0. The molecule has 0 aromatic rings. The highest BCUT2D eigenvalue weighted by atomic mass is 16.5. The van der Waals surface area contributed by atoms with Crippen molar-refractivity contribution in [2.45, 2.75) is 19.1 Å². The third kappa shape index (κ3) is 4.37. The molecule has 0 radical (unpaired) electrons. The largest absolute Gasteiger partial charge is 0.383 e. The van der Waals surface area contributed by atoms with Crippen LogP contribution >= 0.6 is 0 Å². The fourth-order valence-corrected chi connectivity index (χ4v) is 1.63. The van der Waals surface area contributed by atoms with Gasteiger partial charge in [-0.15, -0.1) is 0 Å². The van der Waals surface area contributed by atoms with Gasteiger partial charge in [0.15, 0.2) is 0 Å². The Morgan fingerprint density at radius 3 is 3.07 bits per heavy atom. The smallest absolute Gasteiger partial charge is 0.0826 e. The highest BCUT2D eigenvalue weighted by Crippen LogP contribution is 2.01. The molecule has 0 aliphatic carbocycles. The lowest BCUT2D eigenvalue weighted by atomic mass is 10.2. The topological polar surface area (TPSA) is 33.7 Å². The molecular formula is C10H22N2O2. The van der Waals surface area contributed by atoms with Crippen LogP contribution in [0.15, 0.2) is 0 Å². The van der Waals surface area contributed by atoms with Crippen LogP contribution in [-0.2, 0) is 9.47 Å². The van der Waals surface area contributed by atoms with Gasteiger partial charge in [0.25, 0.3) is 0 Å². The lowest BCUT2D eigenvalue weighted by Crippen LogP contribution is -2.47. The Morgan fingerprint density at radius 1 is 1.64 bits per heavy atom. The number of hydrogen-bond acceptors (Lipinski definition) is 4. The van der Waals surface area contributed by atoms with Crippen molar-refractivity contribution < 1.29 is 9.47 Å². The maximum absolute atomic E-state index is 5.63. The minimum atomic E-state index is 0.327. The van der Waals surface area contributed by atoms with E-state index in [0.29, 0.717) is 12.1 Å². The normalized spacial score (nSPS) is 26.4. The molecule has 1 aliphatic heterocycles. The summed E-state index contributed by atoms with van der Waals surface area (Å²) in [4.78, 5) is 2.30. The lowest BCUT2D eigenvalue weighted by Gasteiger charge is -2.30. The molecule has 2 atom stereocenters. The number of methoxy groups -OCH3 is 1. The van der Waals surface area contributed by atoms with Gasteiger partial charge < -0.3 is 19.7 Å². The molecular weight excluding hydrogens is 180 g/mol. The summed E-state index contributed by atoms with van der Waals surface area (Å²) >= 11 is 0. The molecule has 0 aromatic carbocycles. The van der Waals surface area contributed by atoms with E-state index in [0.717, 1.165) is 32.8 Å². The highest BCUT2D eigenvalue weighted by Gasteiger charge is 2.17. The fraction of sp³-hybridized carbons (Fsp3) is 1.00. The van der Waals surface area contributed by atoms with Gasteiger partial charge in [0.2, 0.25) is 0 Å². The molecule has 1 heterocycles. The molecule has 0 amide bonds. The Bertz CT molecular complexity index is 155. The van der Waals surface area contributed by atoms with Crippen LogP contribution in [0.3, 0.4) is 0 Å². The molecule has 1 aliphatic rings. The average molecular weight is 202 g/mol. The van der Waals surface area contributed by atoms with Gasteiger partial charge in [-0.2, -0.15) is 0 Å². The molecule has 84 valence electrons.